The van der Waals surface area contributed by atoms with Crippen LogP contribution in [0, 0.1) is 0 Å². The van der Waals surface area contributed by atoms with Crippen LogP contribution in [-0.4, -0.2) is 64.1 Å². The molecule has 0 N–H and O–H groups in total. The minimum atomic E-state index is -3.65. The molecule has 1 fully saturated rings. The lowest BCUT2D eigenvalue weighted by Gasteiger charge is -2.40. The third-order valence-electron chi connectivity index (χ3n) is 5.54. The number of hydrogen-bond acceptors (Lipinski definition) is 5. The van der Waals surface area contributed by atoms with Crippen LogP contribution in [0.5, 0.6) is 11.5 Å². The number of nitrogens with zero attached hydrogens (tertiary/aromatic N) is 2. The van der Waals surface area contributed by atoms with Gasteiger partial charge in [-0.05, 0) is 35.2 Å². The van der Waals surface area contributed by atoms with Crippen molar-refractivity contribution in [2.24, 2.45) is 0 Å². The lowest BCUT2D eigenvalue weighted by atomic mass is 9.89. The van der Waals surface area contributed by atoms with E-state index in [-0.39, 0.29) is 0 Å². The monoisotopic (exact) mass is 418 g/mol. The zero-order valence-electron chi connectivity index (χ0n) is 16.7. The van der Waals surface area contributed by atoms with Crippen LogP contribution >= 0.6 is 0 Å². The highest BCUT2D eigenvalue weighted by molar-refractivity contribution is 7.86. The molecule has 8 heteroatoms. The van der Waals surface area contributed by atoms with Crippen LogP contribution in [0.15, 0.2) is 42.5 Å². The van der Waals surface area contributed by atoms with Gasteiger partial charge in [0.25, 0.3) is 10.2 Å². The lowest BCUT2D eigenvalue weighted by molar-refractivity contribution is 0.0693. The third kappa shape index (κ3) is 3.73. The van der Waals surface area contributed by atoms with Crippen LogP contribution in [-0.2, 0) is 21.4 Å². The summed E-state index contributed by atoms with van der Waals surface area (Å²) in [6.07, 6.45) is 0.614. The van der Waals surface area contributed by atoms with Crippen molar-refractivity contribution in [1.29, 1.82) is 0 Å². The molecule has 29 heavy (non-hydrogen) atoms. The molecule has 156 valence electrons. The van der Waals surface area contributed by atoms with Gasteiger partial charge < -0.3 is 14.2 Å². The Morgan fingerprint density at radius 1 is 0.966 bits per heavy atom. The molecule has 4 rings (SSSR count). The van der Waals surface area contributed by atoms with Gasteiger partial charge in [-0.25, -0.2) is 0 Å². The number of morpholine rings is 1. The van der Waals surface area contributed by atoms with Gasteiger partial charge in [0, 0.05) is 19.6 Å². The second-order valence-corrected chi connectivity index (χ2v) is 8.98. The average molecular weight is 419 g/mol. The summed E-state index contributed by atoms with van der Waals surface area (Å²) in [6.45, 7) is 2.00. The Kier molecular flexibility index (Phi) is 5.78. The molecule has 0 radical (unpaired) electrons. The average Bonchev–Trinajstić information content (AvgIpc) is 2.78. The van der Waals surface area contributed by atoms with E-state index in [2.05, 4.69) is 0 Å². The first kappa shape index (κ1) is 20.2. The van der Waals surface area contributed by atoms with E-state index >= 15 is 0 Å². The molecule has 2 aromatic rings. The summed E-state index contributed by atoms with van der Waals surface area (Å²) in [5.41, 5.74) is 2.93. The first-order valence-corrected chi connectivity index (χ1v) is 11.1. The highest BCUT2D eigenvalue weighted by Crippen LogP contribution is 2.42. The molecule has 0 aliphatic carbocycles. The topological polar surface area (TPSA) is 68.3 Å². The van der Waals surface area contributed by atoms with Gasteiger partial charge in [0.15, 0.2) is 11.5 Å². The third-order valence-corrected chi connectivity index (χ3v) is 7.54. The molecule has 2 aromatic carbocycles. The highest BCUT2D eigenvalue weighted by Gasteiger charge is 2.40. The Morgan fingerprint density at radius 2 is 1.62 bits per heavy atom. The molecule has 0 aromatic heterocycles. The number of fused-ring (bicyclic) bond motifs is 1. The summed E-state index contributed by atoms with van der Waals surface area (Å²) >= 11 is 0. The number of benzene rings is 2. The summed E-state index contributed by atoms with van der Waals surface area (Å²) in [7, 11) is -0.448. The van der Waals surface area contributed by atoms with Crippen molar-refractivity contribution in [1.82, 2.24) is 8.61 Å². The summed E-state index contributed by atoms with van der Waals surface area (Å²) in [4.78, 5) is 0. The second kappa shape index (κ2) is 8.31. The molecule has 1 atom stereocenters. The van der Waals surface area contributed by atoms with Crippen LogP contribution in [0.4, 0.5) is 0 Å². The SMILES string of the molecule is COc1cc2c(cc1OC)C(c1ccccc1)N(S(=O)(=O)N1CCOCC1)CC2. The smallest absolute Gasteiger partial charge is 0.283 e. The van der Waals surface area contributed by atoms with Gasteiger partial charge in [-0.1, -0.05) is 30.3 Å². The maximum absolute atomic E-state index is 13.6. The number of ether oxygens (including phenoxy) is 3. The van der Waals surface area contributed by atoms with Gasteiger partial charge in [-0.2, -0.15) is 17.0 Å². The molecule has 1 unspecified atom stereocenters. The fourth-order valence-corrected chi connectivity index (χ4v) is 5.81. The highest BCUT2D eigenvalue weighted by atomic mass is 32.2. The van der Waals surface area contributed by atoms with Gasteiger partial charge in [0.1, 0.15) is 0 Å². The van der Waals surface area contributed by atoms with E-state index in [1.165, 1.54) is 4.31 Å². The van der Waals surface area contributed by atoms with Crippen molar-refractivity contribution >= 4 is 10.2 Å². The molecule has 0 saturated carbocycles. The Hall–Kier alpha value is -2.13. The first-order valence-electron chi connectivity index (χ1n) is 9.70. The normalized spacial score (nSPS) is 20.8. The fourth-order valence-electron chi connectivity index (χ4n) is 4.08. The molecule has 2 aliphatic rings. The predicted molar refractivity (Wildman–Crippen MR) is 110 cm³/mol. The van der Waals surface area contributed by atoms with E-state index in [9.17, 15) is 8.42 Å². The minimum absolute atomic E-state index is 0.374. The maximum atomic E-state index is 13.6. The summed E-state index contributed by atoms with van der Waals surface area (Å²) < 4.78 is 46.6. The first-order chi connectivity index (χ1) is 14.1. The quantitative estimate of drug-likeness (QED) is 0.745. The van der Waals surface area contributed by atoms with E-state index in [0.29, 0.717) is 50.8 Å². The van der Waals surface area contributed by atoms with E-state index in [0.717, 1.165) is 16.7 Å². The standard InChI is InChI=1S/C21H26N2O5S/c1-26-19-14-17-8-9-23(29(24,25)22-10-12-28-13-11-22)21(16-6-4-3-5-7-16)18(17)15-20(19)27-2/h3-7,14-15,21H,8-13H2,1-2H3. The Bertz CT molecular complexity index is 959. The largest absolute Gasteiger partial charge is 0.493 e. The van der Waals surface area contributed by atoms with Gasteiger partial charge in [-0.3, -0.25) is 0 Å². The van der Waals surface area contributed by atoms with Gasteiger partial charge in [0.2, 0.25) is 0 Å². The summed E-state index contributed by atoms with van der Waals surface area (Å²) in [5, 5.41) is 0. The molecule has 2 heterocycles. The molecule has 0 bridgehead atoms. The van der Waals surface area contributed by atoms with Crippen molar-refractivity contribution in [3.8, 4) is 11.5 Å². The lowest BCUT2D eigenvalue weighted by Crippen LogP contribution is -2.51. The van der Waals surface area contributed by atoms with E-state index < -0.39 is 16.3 Å². The predicted octanol–water partition coefficient (Wildman–Crippen LogP) is 2.23. The zero-order valence-corrected chi connectivity index (χ0v) is 17.5. The van der Waals surface area contributed by atoms with Crippen LogP contribution in [0.1, 0.15) is 22.7 Å². The van der Waals surface area contributed by atoms with Crippen molar-refractivity contribution in [2.45, 2.75) is 12.5 Å². The number of hydrogen-bond donors (Lipinski definition) is 0. The Labute approximate surface area is 172 Å². The Balaban J connectivity index is 1.83. The van der Waals surface area contributed by atoms with Crippen molar-refractivity contribution in [2.75, 3.05) is 47.1 Å². The fraction of sp³-hybridized carbons (Fsp3) is 0.429. The van der Waals surface area contributed by atoms with Crippen molar-refractivity contribution in [3.05, 3.63) is 59.2 Å². The molecule has 7 nitrogen and oxygen atoms in total. The molecule has 2 aliphatic heterocycles. The minimum Gasteiger partial charge on any atom is -0.493 e. The van der Waals surface area contributed by atoms with Crippen LogP contribution < -0.4 is 9.47 Å². The summed E-state index contributed by atoms with van der Waals surface area (Å²) in [5.74, 6) is 1.25. The summed E-state index contributed by atoms with van der Waals surface area (Å²) in [6, 6.07) is 13.2. The van der Waals surface area contributed by atoms with Crippen LogP contribution in [0.3, 0.4) is 0 Å². The zero-order chi connectivity index (χ0) is 20.4. The van der Waals surface area contributed by atoms with Crippen molar-refractivity contribution in [3.63, 3.8) is 0 Å². The molecule has 1 saturated heterocycles. The maximum Gasteiger partial charge on any atom is 0.283 e. The number of methoxy groups -OCH3 is 2. The molecular weight excluding hydrogens is 392 g/mol. The second-order valence-electron chi connectivity index (χ2n) is 7.10. The van der Waals surface area contributed by atoms with E-state index in [1.807, 2.05) is 42.5 Å². The van der Waals surface area contributed by atoms with E-state index in [1.54, 1.807) is 18.5 Å². The Morgan fingerprint density at radius 3 is 2.28 bits per heavy atom. The van der Waals surface area contributed by atoms with Gasteiger partial charge in [-0.15, -0.1) is 0 Å². The van der Waals surface area contributed by atoms with E-state index in [4.69, 9.17) is 14.2 Å². The molecule has 0 spiro atoms. The van der Waals surface area contributed by atoms with Crippen LogP contribution in [0.2, 0.25) is 0 Å². The molecular formula is C21H26N2O5S. The molecule has 0 amide bonds. The van der Waals surface area contributed by atoms with Crippen LogP contribution in [0.25, 0.3) is 0 Å². The van der Waals surface area contributed by atoms with Gasteiger partial charge >= 0.3 is 0 Å². The van der Waals surface area contributed by atoms with Gasteiger partial charge in [0.05, 0.1) is 33.5 Å². The number of rotatable bonds is 5. The van der Waals surface area contributed by atoms with Crippen molar-refractivity contribution < 1.29 is 22.6 Å².